The van der Waals surface area contributed by atoms with Crippen molar-refractivity contribution < 1.29 is 14.3 Å². The lowest BCUT2D eigenvalue weighted by molar-refractivity contribution is 0.0938. The highest BCUT2D eigenvalue weighted by Crippen LogP contribution is 2.15. The first-order valence-electron chi connectivity index (χ1n) is 9.94. The summed E-state index contributed by atoms with van der Waals surface area (Å²) >= 11 is 0. The van der Waals surface area contributed by atoms with Gasteiger partial charge in [0.1, 0.15) is 5.75 Å². The monoisotopic (exact) mass is 402 g/mol. The first kappa shape index (κ1) is 21.1. The van der Waals surface area contributed by atoms with Crippen molar-refractivity contribution in [3.63, 3.8) is 0 Å². The van der Waals surface area contributed by atoms with Crippen LogP contribution in [0.15, 0.2) is 78.9 Å². The highest BCUT2D eigenvalue weighted by atomic mass is 16.5. The molecule has 0 spiro atoms. The maximum Gasteiger partial charge on any atom is 0.251 e. The lowest BCUT2D eigenvalue weighted by Gasteiger charge is -2.14. The van der Waals surface area contributed by atoms with Gasteiger partial charge in [0.15, 0.2) is 5.78 Å². The molecule has 0 bridgehead atoms. The number of hydrogen-bond donors (Lipinski definition) is 2. The van der Waals surface area contributed by atoms with Crippen molar-refractivity contribution in [2.24, 2.45) is 0 Å². The summed E-state index contributed by atoms with van der Waals surface area (Å²) in [7, 11) is 1.60. The molecule has 0 heterocycles. The molecule has 0 saturated carbocycles. The molecule has 0 radical (unpaired) electrons. The standard InChI is InChI=1S/C25H26N2O3/c1-18(19-6-4-3-5-7-19)27-25(29)21-8-12-22(13-9-21)26-17-16-24(28)20-10-14-23(30-2)15-11-20/h3-15,18,26H,16-17H2,1-2H3,(H,27,29). The van der Waals surface area contributed by atoms with Gasteiger partial charge >= 0.3 is 0 Å². The second-order valence-corrected chi connectivity index (χ2v) is 7.01. The highest BCUT2D eigenvalue weighted by Gasteiger charge is 2.11. The van der Waals surface area contributed by atoms with Crippen LogP contribution in [0.2, 0.25) is 0 Å². The summed E-state index contributed by atoms with van der Waals surface area (Å²) in [4.78, 5) is 24.7. The lowest BCUT2D eigenvalue weighted by atomic mass is 10.1. The van der Waals surface area contributed by atoms with Gasteiger partial charge in [0.2, 0.25) is 0 Å². The second kappa shape index (κ2) is 10.3. The average Bonchev–Trinajstić information content (AvgIpc) is 2.80. The Balaban J connectivity index is 1.48. The molecule has 3 aromatic rings. The van der Waals surface area contributed by atoms with Gasteiger partial charge in [-0.25, -0.2) is 0 Å². The third kappa shape index (κ3) is 5.70. The fourth-order valence-corrected chi connectivity index (χ4v) is 3.09. The van der Waals surface area contributed by atoms with Crippen LogP contribution >= 0.6 is 0 Å². The summed E-state index contributed by atoms with van der Waals surface area (Å²) < 4.78 is 5.11. The predicted octanol–water partition coefficient (Wildman–Crippen LogP) is 4.87. The van der Waals surface area contributed by atoms with E-state index in [1.54, 1.807) is 43.5 Å². The number of ketones is 1. The summed E-state index contributed by atoms with van der Waals surface area (Å²) in [6.07, 6.45) is 0.378. The van der Waals surface area contributed by atoms with Gasteiger partial charge in [-0.05, 0) is 61.0 Å². The zero-order valence-corrected chi connectivity index (χ0v) is 17.2. The molecule has 5 nitrogen and oxygen atoms in total. The van der Waals surface area contributed by atoms with Crippen molar-refractivity contribution in [2.75, 3.05) is 19.0 Å². The van der Waals surface area contributed by atoms with E-state index in [9.17, 15) is 9.59 Å². The Hall–Kier alpha value is -3.60. The Morgan fingerprint density at radius 3 is 2.13 bits per heavy atom. The first-order valence-corrected chi connectivity index (χ1v) is 9.94. The third-order valence-corrected chi connectivity index (χ3v) is 4.89. The minimum absolute atomic E-state index is 0.0658. The third-order valence-electron chi connectivity index (χ3n) is 4.89. The van der Waals surface area contributed by atoms with E-state index in [0.717, 1.165) is 17.0 Å². The van der Waals surface area contributed by atoms with Crippen molar-refractivity contribution in [1.29, 1.82) is 0 Å². The molecule has 0 aromatic heterocycles. The molecule has 3 aromatic carbocycles. The van der Waals surface area contributed by atoms with Crippen molar-refractivity contribution >= 4 is 17.4 Å². The SMILES string of the molecule is COc1ccc(C(=O)CCNc2ccc(C(=O)NC(C)c3ccccc3)cc2)cc1. The number of amides is 1. The number of ether oxygens (including phenoxy) is 1. The number of carbonyl (C=O) groups is 2. The molecule has 1 unspecified atom stereocenters. The molecule has 154 valence electrons. The number of rotatable bonds is 9. The number of benzene rings is 3. The van der Waals surface area contributed by atoms with E-state index in [4.69, 9.17) is 4.74 Å². The quantitative estimate of drug-likeness (QED) is 0.501. The molecule has 0 saturated heterocycles. The zero-order chi connectivity index (χ0) is 21.3. The van der Waals surface area contributed by atoms with Crippen molar-refractivity contribution in [2.45, 2.75) is 19.4 Å². The number of hydrogen-bond acceptors (Lipinski definition) is 4. The van der Waals surface area contributed by atoms with Crippen LogP contribution in [0, 0.1) is 0 Å². The molecule has 1 atom stereocenters. The largest absolute Gasteiger partial charge is 0.497 e. The number of anilines is 1. The Bertz CT molecular complexity index is 968. The lowest BCUT2D eigenvalue weighted by Crippen LogP contribution is -2.26. The van der Waals surface area contributed by atoms with Crippen LogP contribution in [0.5, 0.6) is 5.75 Å². The fourth-order valence-electron chi connectivity index (χ4n) is 3.09. The summed E-state index contributed by atoms with van der Waals surface area (Å²) in [6.45, 7) is 2.48. The molecule has 0 aliphatic rings. The number of Topliss-reactive ketones (excluding diaryl/α,β-unsaturated/α-hetero) is 1. The van der Waals surface area contributed by atoms with Crippen molar-refractivity contribution in [3.8, 4) is 5.75 Å². The second-order valence-electron chi connectivity index (χ2n) is 7.01. The summed E-state index contributed by atoms with van der Waals surface area (Å²) in [6, 6.07) is 24.1. The molecule has 30 heavy (non-hydrogen) atoms. The van der Waals surface area contributed by atoms with Crippen LogP contribution in [0.1, 0.15) is 45.7 Å². The maximum atomic E-state index is 12.5. The first-order chi connectivity index (χ1) is 14.6. The molecule has 2 N–H and O–H groups in total. The maximum absolute atomic E-state index is 12.5. The minimum atomic E-state index is -0.118. The van der Waals surface area contributed by atoms with Gasteiger partial charge < -0.3 is 15.4 Å². The van der Waals surface area contributed by atoms with Crippen molar-refractivity contribution in [1.82, 2.24) is 5.32 Å². The number of methoxy groups -OCH3 is 1. The molecular formula is C25H26N2O3. The molecule has 0 aliphatic carbocycles. The molecule has 1 amide bonds. The van der Waals surface area contributed by atoms with Crippen LogP contribution < -0.4 is 15.4 Å². The smallest absolute Gasteiger partial charge is 0.251 e. The van der Waals surface area contributed by atoms with Crippen LogP contribution in [0.3, 0.4) is 0 Å². The van der Waals surface area contributed by atoms with Crippen LogP contribution in [0.25, 0.3) is 0 Å². The minimum Gasteiger partial charge on any atom is -0.497 e. The van der Waals surface area contributed by atoms with Gasteiger partial charge in [-0.3, -0.25) is 9.59 Å². The van der Waals surface area contributed by atoms with Gasteiger partial charge in [0.25, 0.3) is 5.91 Å². The number of nitrogens with one attached hydrogen (secondary N) is 2. The highest BCUT2D eigenvalue weighted by molar-refractivity contribution is 5.96. The fraction of sp³-hybridized carbons (Fsp3) is 0.200. The van der Waals surface area contributed by atoms with E-state index in [0.29, 0.717) is 24.1 Å². The summed E-state index contributed by atoms with van der Waals surface area (Å²) in [5.41, 5.74) is 3.19. The van der Waals surface area contributed by atoms with Gasteiger partial charge in [-0.15, -0.1) is 0 Å². The Kier molecular flexibility index (Phi) is 7.22. The average molecular weight is 402 g/mol. The van der Waals surface area contributed by atoms with E-state index in [1.165, 1.54) is 0 Å². The normalized spacial score (nSPS) is 11.4. The topological polar surface area (TPSA) is 67.4 Å². The van der Waals surface area contributed by atoms with E-state index < -0.39 is 0 Å². The Morgan fingerprint density at radius 1 is 0.867 bits per heavy atom. The Morgan fingerprint density at radius 2 is 1.50 bits per heavy atom. The van der Waals surface area contributed by atoms with Crippen LogP contribution in [0.4, 0.5) is 5.69 Å². The van der Waals surface area contributed by atoms with E-state index >= 15 is 0 Å². The molecule has 5 heteroatoms. The van der Waals surface area contributed by atoms with Crippen LogP contribution in [-0.2, 0) is 0 Å². The van der Waals surface area contributed by atoms with Gasteiger partial charge in [0.05, 0.1) is 13.2 Å². The number of carbonyl (C=O) groups excluding carboxylic acids is 2. The predicted molar refractivity (Wildman–Crippen MR) is 119 cm³/mol. The van der Waals surface area contributed by atoms with E-state index in [1.807, 2.05) is 49.4 Å². The summed E-state index contributed by atoms with van der Waals surface area (Å²) in [5.74, 6) is 0.676. The molecule has 0 aliphatic heterocycles. The zero-order valence-electron chi connectivity index (χ0n) is 17.2. The molecule has 0 fully saturated rings. The van der Waals surface area contributed by atoms with E-state index in [-0.39, 0.29) is 17.7 Å². The van der Waals surface area contributed by atoms with Gasteiger partial charge in [-0.1, -0.05) is 30.3 Å². The van der Waals surface area contributed by atoms with Gasteiger partial charge in [-0.2, -0.15) is 0 Å². The summed E-state index contributed by atoms with van der Waals surface area (Å²) in [5, 5.41) is 6.23. The molecular weight excluding hydrogens is 376 g/mol. The Labute approximate surface area is 177 Å². The van der Waals surface area contributed by atoms with E-state index in [2.05, 4.69) is 10.6 Å². The van der Waals surface area contributed by atoms with Crippen LogP contribution in [-0.4, -0.2) is 25.3 Å². The van der Waals surface area contributed by atoms with Gasteiger partial charge in [0, 0.05) is 29.8 Å². The molecule has 3 rings (SSSR count). The van der Waals surface area contributed by atoms with Crippen molar-refractivity contribution in [3.05, 3.63) is 95.6 Å².